The quantitative estimate of drug-likeness (QED) is 0.680. The van der Waals surface area contributed by atoms with Crippen LogP contribution in [0.4, 0.5) is 0 Å². The lowest BCUT2D eigenvalue weighted by atomic mass is 10.0. The summed E-state index contributed by atoms with van der Waals surface area (Å²) in [6.45, 7) is 5.30. The first-order valence-electron chi connectivity index (χ1n) is 11.4. The smallest absolute Gasteiger partial charge is 0.253 e. The first kappa shape index (κ1) is 20.3. The average Bonchev–Trinajstić information content (AvgIpc) is 3.37. The van der Waals surface area contributed by atoms with Crippen molar-refractivity contribution in [2.24, 2.45) is 0 Å². The Morgan fingerprint density at radius 2 is 2.03 bits per heavy atom. The zero-order valence-corrected chi connectivity index (χ0v) is 18.1. The number of aryl methyl sites for hydroxylation is 1. The largest absolute Gasteiger partial charge is 0.376 e. The summed E-state index contributed by atoms with van der Waals surface area (Å²) in [5, 5.41) is 13.8. The van der Waals surface area contributed by atoms with E-state index >= 15 is 0 Å². The number of tetrazole rings is 1. The zero-order chi connectivity index (χ0) is 21.2. The van der Waals surface area contributed by atoms with E-state index in [1.807, 2.05) is 29.8 Å². The molecular weight excluding hydrogens is 392 g/mol. The molecule has 2 aliphatic rings. The van der Waals surface area contributed by atoms with Crippen molar-refractivity contribution in [2.75, 3.05) is 19.7 Å². The Morgan fingerprint density at radius 1 is 1.19 bits per heavy atom. The number of hydrogen-bond donors (Lipinski definition) is 1. The van der Waals surface area contributed by atoms with Crippen LogP contribution in [0.15, 0.2) is 29.1 Å². The molecule has 8 heteroatoms. The number of para-hydroxylation sites is 1. The minimum Gasteiger partial charge on any atom is -0.376 e. The maximum absolute atomic E-state index is 13.3. The molecule has 0 spiro atoms. The van der Waals surface area contributed by atoms with Crippen molar-refractivity contribution < 1.29 is 4.74 Å². The van der Waals surface area contributed by atoms with Gasteiger partial charge in [0.05, 0.1) is 18.2 Å². The normalized spacial score (nSPS) is 21.4. The molecule has 2 aromatic heterocycles. The monoisotopic (exact) mass is 422 g/mol. The second kappa shape index (κ2) is 8.88. The van der Waals surface area contributed by atoms with Crippen molar-refractivity contribution in [1.82, 2.24) is 30.1 Å². The van der Waals surface area contributed by atoms with Crippen LogP contribution < -0.4 is 5.56 Å². The minimum atomic E-state index is -0.275. The third-order valence-electron chi connectivity index (χ3n) is 6.62. The van der Waals surface area contributed by atoms with Crippen LogP contribution in [0.1, 0.15) is 61.5 Å². The van der Waals surface area contributed by atoms with Gasteiger partial charge in [-0.3, -0.25) is 9.69 Å². The summed E-state index contributed by atoms with van der Waals surface area (Å²) in [6.07, 6.45) is 6.90. The molecule has 0 saturated carbocycles. The van der Waals surface area contributed by atoms with E-state index in [2.05, 4.69) is 31.5 Å². The Bertz CT molecular complexity index is 1090. The highest BCUT2D eigenvalue weighted by Crippen LogP contribution is 2.30. The molecule has 1 N–H and O–H groups in total. The summed E-state index contributed by atoms with van der Waals surface area (Å²) >= 11 is 0. The number of nitrogens with one attached hydrogen (secondary N) is 1. The number of aromatic nitrogens is 5. The average molecular weight is 423 g/mol. The van der Waals surface area contributed by atoms with Gasteiger partial charge in [0.1, 0.15) is 6.04 Å². The molecule has 31 heavy (non-hydrogen) atoms. The lowest BCUT2D eigenvalue weighted by Crippen LogP contribution is -2.36. The summed E-state index contributed by atoms with van der Waals surface area (Å²) in [5.41, 5.74) is 2.60. The van der Waals surface area contributed by atoms with E-state index < -0.39 is 0 Å². The van der Waals surface area contributed by atoms with Gasteiger partial charge in [-0.2, -0.15) is 0 Å². The van der Waals surface area contributed by atoms with Crippen LogP contribution in [0.3, 0.4) is 0 Å². The molecular formula is C23H30N6O2. The predicted octanol–water partition coefficient (Wildman–Crippen LogP) is 2.97. The minimum absolute atomic E-state index is 0.0669. The predicted molar refractivity (Wildman–Crippen MR) is 118 cm³/mol. The van der Waals surface area contributed by atoms with E-state index in [4.69, 9.17) is 4.74 Å². The Labute approximate surface area is 181 Å². The van der Waals surface area contributed by atoms with Crippen LogP contribution in [-0.4, -0.2) is 55.9 Å². The van der Waals surface area contributed by atoms with Crippen LogP contribution in [0.5, 0.6) is 0 Å². The van der Waals surface area contributed by atoms with E-state index in [9.17, 15) is 4.79 Å². The molecule has 5 rings (SSSR count). The fourth-order valence-corrected chi connectivity index (χ4v) is 4.97. The number of rotatable bonds is 5. The third-order valence-corrected chi connectivity index (χ3v) is 6.62. The highest BCUT2D eigenvalue weighted by atomic mass is 16.5. The molecule has 164 valence electrons. The van der Waals surface area contributed by atoms with Gasteiger partial charge in [-0.1, -0.05) is 31.0 Å². The third kappa shape index (κ3) is 4.14. The molecule has 2 atom stereocenters. The van der Waals surface area contributed by atoms with Crippen molar-refractivity contribution in [3.05, 3.63) is 51.6 Å². The van der Waals surface area contributed by atoms with Gasteiger partial charge < -0.3 is 9.72 Å². The van der Waals surface area contributed by atoms with Crippen molar-refractivity contribution in [3.63, 3.8) is 0 Å². The van der Waals surface area contributed by atoms with Gasteiger partial charge in [0.15, 0.2) is 5.82 Å². The molecule has 2 saturated heterocycles. The van der Waals surface area contributed by atoms with Crippen LogP contribution >= 0.6 is 0 Å². The van der Waals surface area contributed by atoms with Gasteiger partial charge in [0, 0.05) is 12.2 Å². The number of fused-ring (bicyclic) bond motifs is 1. The highest BCUT2D eigenvalue weighted by Gasteiger charge is 2.32. The van der Waals surface area contributed by atoms with Gasteiger partial charge in [0.2, 0.25) is 0 Å². The molecule has 0 unspecified atom stereocenters. The number of ether oxygens (including phenoxy) is 1. The maximum atomic E-state index is 13.3. The Balaban J connectivity index is 1.60. The molecule has 3 aromatic rings. The van der Waals surface area contributed by atoms with Crippen molar-refractivity contribution in [1.29, 1.82) is 0 Å². The Morgan fingerprint density at radius 3 is 2.81 bits per heavy atom. The van der Waals surface area contributed by atoms with Gasteiger partial charge in [-0.15, -0.1) is 5.10 Å². The molecule has 0 aliphatic carbocycles. The second-order valence-electron chi connectivity index (χ2n) is 8.80. The summed E-state index contributed by atoms with van der Waals surface area (Å²) < 4.78 is 7.68. The van der Waals surface area contributed by atoms with Crippen LogP contribution in [-0.2, 0) is 11.3 Å². The zero-order valence-electron chi connectivity index (χ0n) is 18.1. The molecule has 2 aliphatic heterocycles. The summed E-state index contributed by atoms with van der Waals surface area (Å²) in [5.74, 6) is 0.731. The molecule has 1 aromatic carbocycles. The SMILES string of the molecule is Cc1cccc2cc([C@H](c3nnnn3C[C@@H]3CCCO3)N3CCCCCC3)c(=O)[nH]c12. The number of likely N-dealkylation sites (tertiary alicyclic amines) is 1. The van der Waals surface area contributed by atoms with Gasteiger partial charge in [-0.25, -0.2) is 4.68 Å². The van der Waals surface area contributed by atoms with Gasteiger partial charge in [0.25, 0.3) is 5.56 Å². The van der Waals surface area contributed by atoms with E-state index in [1.165, 1.54) is 12.8 Å². The number of H-pyrrole nitrogens is 1. The van der Waals surface area contributed by atoms with E-state index in [-0.39, 0.29) is 17.7 Å². The molecule has 4 heterocycles. The number of benzene rings is 1. The van der Waals surface area contributed by atoms with Gasteiger partial charge in [-0.05, 0) is 73.1 Å². The van der Waals surface area contributed by atoms with Crippen LogP contribution in [0.25, 0.3) is 10.9 Å². The van der Waals surface area contributed by atoms with Crippen molar-refractivity contribution in [2.45, 2.75) is 64.1 Å². The van der Waals surface area contributed by atoms with Crippen LogP contribution in [0.2, 0.25) is 0 Å². The molecule has 0 amide bonds. The van der Waals surface area contributed by atoms with Gasteiger partial charge >= 0.3 is 0 Å². The van der Waals surface area contributed by atoms with Crippen molar-refractivity contribution >= 4 is 10.9 Å². The van der Waals surface area contributed by atoms with Crippen molar-refractivity contribution in [3.8, 4) is 0 Å². The summed E-state index contributed by atoms with van der Waals surface area (Å²) in [6, 6.07) is 7.86. The molecule has 2 fully saturated rings. The first-order chi connectivity index (χ1) is 15.2. The Hall–Kier alpha value is -2.58. The van der Waals surface area contributed by atoms with E-state index in [0.29, 0.717) is 12.1 Å². The molecule has 0 radical (unpaired) electrons. The van der Waals surface area contributed by atoms with E-state index in [0.717, 1.165) is 67.7 Å². The number of nitrogens with zero attached hydrogens (tertiary/aromatic N) is 5. The fourth-order valence-electron chi connectivity index (χ4n) is 4.97. The summed E-state index contributed by atoms with van der Waals surface area (Å²) in [4.78, 5) is 18.8. The second-order valence-corrected chi connectivity index (χ2v) is 8.80. The van der Waals surface area contributed by atoms with Crippen LogP contribution in [0, 0.1) is 6.92 Å². The lowest BCUT2D eigenvalue weighted by molar-refractivity contribution is 0.0909. The molecule has 8 nitrogen and oxygen atoms in total. The first-order valence-corrected chi connectivity index (χ1v) is 11.4. The lowest BCUT2D eigenvalue weighted by Gasteiger charge is -2.30. The number of hydrogen-bond acceptors (Lipinski definition) is 6. The summed E-state index contributed by atoms with van der Waals surface area (Å²) in [7, 11) is 0. The topological polar surface area (TPSA) is 88.9 Å². The maximum Gasteiger partial charge on any atom is 0.253 e. The van der Waals surface area contributed by atoms with E-state index in [1.54, 1.807) is 0 Å². The molecule has 0 bridgehead atoms. The highest BCUT2D eigenvalue weighted by molar-refractivity contribution is 5.82. The standard InChI is InChI=1S/C23H30N6O2/c1-16-8-6-9-17-14-19(23(30)24-20(16)17)21(28-11-4-2-3-5-12-28)22-25-26-27-29(22)15-18-10-7-13-31-18/h6,8-9,14,18,21H,2-5,7,10-13,15H2,1H3,(H,24,30)/t18-,21+/m0/s1. The number of aromatic amines is 1. The number of pyridine rings is 1. The Kier molecular flexibility index (Phi) is 5.82. The fraction of sp³-hybridized carbons (Fsp3) is 0.565.